The molecule has 1 heterocycles. The summed E-state index contributed by atoms with van der Waals surface area (Å²) in [4.78, 5) is 18.8. The molecule has 0 aliphatic carbocycles. The van der Waals surface area contributed by atoms with Crippen LogP contribution >= 0.6 is 0 Å². The van der Waals surface area contributed by atoms with E-state index in [1.807, 2.05) is 0 Å². The molecule has 1 fully saturated rings. The molecule has 0 saturated carbocycles. The highest BCUT2D eigenvalue weighted by Crippen LogP contribution is 2.16. The summed E-state index contributed by atoms with van der Waals surface area (Å²) in [5, 5.41) is 0. The summed E-state index contributed by atoms with van der Waals surface area (Å²) in [5.74, 6) is 0.937. The minimum atomic E-state index is 0.250. The summed E-state index contributed by atoms with van der Waals surface area (Å²) in [6.45, 7) is 9.52. The first-order valence-electron chi connectivity index (χ1n) is 4.35. The lowest BCUT2D eigenvalue weighted by molar-refractivity contribution is -0.191. The lowest BCUT2D eigenvalue weighted by atomic mass is 10.2. The van der Waals surface area contributed by atoms with E-state index in [0.717, 1.165) is 12.0 Å². The lowest BCUT2D eigenvalue weighted by Crippen LogP contribution is -2.27. The van der Waals surface area contributed by atoms with E-state index in [4.69, 9.17) is 9.59 Å². The van der Waals surface area contributed by atoms with Crippen molar-refractivity contribution in [1.82, 2.24) is 4.90 Å². The average molecular weight is 171 g/mol. The van der Waals surface area contributed by atoms with E-state index in [2.05, 4.69) is 25.7 Å². The fourth-order valence-corrected chi connectivity index (χ4v) is 1.44. The number of likely N-dealkylation sites (tertiary alicyclic amines) is 1. The number of nitrogens with zero attached hydrogens (tertiary/aromatic N) is 1. The van der Waals surface area contributed by atoms with Gasteiger partial charge in [0.15, 0.2) is 0 Å². The molecule has 1 atom stereocenters. The van der Waals surface area contributed by atoms with Crippen LogP contribution in [0.5, 0.6) is 0 Å². The van der Waals surface area contributed by atoms with Gasteiger partial charge in [0.1, 0.15) is 0 Å². The molecule has 0 amide bonds. The van der Waals surface area contributed by atoms with Crippen LogP contribution < -0.4 is 0 Å². The van der Waals surface area contributed by atoms with E-state index in [9.17, 15) is 0 Å². The van der Waals surface area contributed by atoms with Crippen LogP contribution in [0.4, 0.5) is 0 Å². The lowest BCUT2D eigenvalue weighted by Gasteiger charge is -2.19. The smallest absolute Gasteiger partial charge is 0.301 e. The van der Waals surface area contributed by atoms with E-state index in [1.165, 1.54) is 19.5 Å². The van der Waals surface area contributed by atoms with E-state index in [1.54, 1.807) is 0 Å². The van der Waals surface area contributed by atoms with Gasteiger partial charge in [0.2, 0.25) is 0 Å². The van der Waals surface area contributed by atoms with E-state index < -0.39 is 0 Å². The Morgan fingerprint density at radius 1 is 1.42 bits per heavy atom. The van der Waals surface area contributed by atoms with Crippen molar-refractivity contribution in [2.45, 2.75) is 33.2 Å². The summed E-state index contributed by atoms with van der Waals surface area (Å²) in [5.41, 5.74) is 0. The molecular formula is C9H17NO2. The Balaban J connectivity index is 0.000000354. The topological polar surface area (TPSA) is 37.4 Å². The van der Waals surface area contributed by atoms with Crippen molar-refractivity contribution in [1.29, 1.82) is 0 Å². The molecule has 12 heavy (non-hydrogen) atoms. The number of rotatable bonds is 1. The van der Waals surface area contributed by atoms with Crippen LogP contribution in [0.25, 0.3) is 0 Å². The second-order valence-corrected chi connectivity index (χ2v) is 3.57. The first-order valence-corrected chi connectivity index (χ1v) is 4.35. The zero-order valence-electron chi connectivity index (χ0n) is 8.04. The highest BCUT2D eigenvalue weighted by Gasteiger charge is 2.19. The largest absolute Gasteiger partial charge is 0.373 e. The second kappa shape index (κ2) is 5.92. The van der Waals surface area contributed by atoms with Gasteiger partial charge in [-0.25, -0.2) is 0 Å². The zero-order chi connectivity index (χ0) is 9.56. The highest BCUT2D eigenvalue weighted by molar-refractivity contribution is 5.20. The van der Waals surface area contributed by atoms with Crippen LogP contribution in [0.3, 0.4) is 0 Å². The van der Waals surface area contributed by atoms with E-state index in [0.29, 0.717) is 0 Å². The van der Waals surface area contributed by atoms with Crippen molar-refractivity contribution in [2.75, 3.05) is 13.1 Å². The van der Waals surface area contributed by atoms with E-state index in [-0.39, 0.29) is 6.15 Å². The van der Waals surface area contributed by atoms with Gasteiger partial charge in [-0.15, -0.1) is 0 Å². The molecule has 70 valence electrons. The first-order chi connectivity index (χ1) is 5.61. The molecule has 0 bridgehead atoms. The fourth-order valence-electron chi connectivity index (χ4n) is 1.44. The van der Waals surface area contributed by atoms with Crippen molar-refractivity contribution in [3.05, 3.63) is 0 Å². The Morgan fingerprint density at radius 3 is 2.08 bits per heavy atom. The molecule has 3 nitrogen and oxygen atoms in total. The number of hydrogen-bond donors (Lipinski definition) is 0. The second-order valence-electron chi connectivity index (χ2n) is 3.57. The molecule has 1 aliphatic heterocycles. The van der Waals surface area contributed by atoms with Gasteiger partial charge in [0.05, 0.1) is 0 Å². The highest BCUT2D eigenvalue weighted by atomic mass is 16.2. The predicted octanol–water partition coefficient (Wildman–Crippen LogP) is 1.15. The third kappa shape index (κ3) is 4.27. The Hall–Kier alpha value is -0.660. The van der Waals surface area contributed by atoms with Gasteiger partial charge in [-0.05, 0) is 32.7 Å². The van der Waals surface area contributed by atoms with Crippen molar-refractivity contribution in [2.24, 2.45) is 5.92 Å². The summed E-state index contributed by atoms with van der Waals surface area (Å²) in [7, 11) is 0. The minimum absolute atomic E-state index is 0.250. The Labute approximate surface area is 73.7 Å². The van der Waals surface area contributed by atoms with Gasteiger partial charge in [0, 0.05) is 12.6 Å². The zero-order valence-corrected chi connectivity index (χ0v) is 8.04. The van der Waals surface area contributed by atoms with Crippen molar-refractivity contribution in [3.8, 4) is 0 Å². The Morgan fingerprint density at radius 2 is 1.92 bits per heavy atom. The Kier molecular flexibility index (Phi) is 5.60. The molecule has 1 aliphatic rings. The molecule has 0 aromatic heterocycles. The molecule has 0 aromatic rings. The van der Waals surface area contributed by atoms with E-state index >= 15 is 0 Å². The normalized spacial score (nSPS) is 23.2. The third-order valence-electron chi connectivity index (χ3n) is 2.19. The minimum Gasteiger partial charge on any atom is -0.301 e. The quantitative estimate of drug-likeness (QED) is 0.594. The van der Waals surface area contributed by atoms with Crippen molar-refractivity contribution < 1.29 is 9.59 Å². The molecule has 0 spiro atoms. The average Bonchev–Trinajstić information content (AvgIpc) is 2.37. The van der Waals surface area contributed by atoms with Crippen molar-refractivity contribution in [3.63, 3.8) is 0 Å². The SMILES string of the molecule is CC1CCN(C(C)C)C1.O=C=O. The van der Waals surface area contributed by atoms with Crippen LogP contribution in [0.15, 0.2) is 0 Å². The van der Waals surface area contributed by atoms with Crippen LogP contribution in [-0.4, -0.2) is 30.2 Å². The molecule has 3 heteroatoms. The fraction of sp³-hybridized carbons (Fsp3) is 0.889. The molecule has 0 aromatic carbocycles. The maximum atomic E-state index is 8.12. The van der Waals surface area contributed by atoms with Gasteiger partial charge < -0.3 is 4.90 Å². The third-order valence-corrected chi connectivity index (χ3v) is 2.19. The maximum absolute atomic E-state index is 8.12. The molecule has 1 rings (SSSR count). The predicted molar refractivity (Wildman–Crippen MR) is 45.5 cm³/mol. The van der Waals surface area contributed by atoms with Gasteiger partial charge in [-0.1, -0.05) is 6.92 Å². The number of hydrogen-bond acceptors (Lipinski definition) is 3. The van der Waals surface area contributed by atoms with Gasteiger partial charge in [-0.3, -0.25) is 0 Å². The molecule has 1 unspecified atom stereocenters. The van der Waals surface area contributed by atoms with Crippen LogP contribution in [0.1, 0.15) is 27.2 Å². The Bertz CT molecular complexity index is 151. The standard InChI is InChI=1S/C8H17N.CO2/c1-7(2)9-5-4-8(3)6-9;2-1-3/h7-8H,4-6H2,1-3H3;. The first kappa shape index (κ1) is 11.3. The van der Waals surface area contributed by atoms with Gasteiger partial charge in [0.25, 0.3) is 0 Å². The molecule has 1 saturated heterocycles. The van der Waals surface area contributed by atoms with Crippen LogP contribution in [0, 0.1) is 5.92 Å². The molecular weight excluding hydrogens is 154 g/mol. The molecule has 0 N–H and O–H groups in total. The van der Waals surface area contributed by atoms with Gasteiger partial charge in [-0.2, -0.15) is 9.59 Å². The summed E-state index contributed by atoms with van der Waals surface area (Å²) < 4.78 is 0. The summed E-state index contributed by atoms with van der Waals surface area (Å²) in [6, 6.07) is 0.759. The maximum Gasteiger partial charge on any atom is 0.373 e. The number of carbonyl (C=O) groups excluding carboxylic acids is 2. The van der Waals surface area contributed by atoms with Crippen LogP contribution in [-0.2, 0) is 9.59 Å². The summed E-state index contributed by atoms with van der Waals surface area (Å²) in [6.07, 6.45) is 1.65. The van der Waals surface area contributed by atoms with Crippen LogP contribution in [0.2, 0.25) is 0 Å². The molecule has 0 radical (unpaired) electrons. The van der Waals surface area contributed by atoms with Gasteiger partial charge >= 0.3 is 6.15 Å². The van der Waals surface area contributed by atoms with Crippen molar-refractivity contribution >= 4 is 6.15 Å². The summed E-state index contributed by atoms with van der Waals surface area (Å²) >= 11 is 0. The monoisotopic (exact) mass is 171 g/mol.